The first kappa shape index (κ1) is 18.1. The highest BCUT2D eigenvalue weighted by atomic mass is 19.3. The Kier molecular flexibility index (Phi) is 5.24. The van der Waals surface area contributed by atoms with E-state index in [0.29, 0.717) is 13.0 Å². The zero-order chi connectivity index (χ0) is 18.0. The van der Waals surface area contributed by atoms with Gasteiger partial charge in [0.25, 0.3) is 5.91 Å². The molecule has 1 aromatic carbocycles. The summed E-state index contributed by atoms with van der Waals surface area (Å²) in [5, 5.41) is 0. The van der Waals surface area contributed by atoms with Gasteiger partial charge in [-0.05, 0) is 37.8 Å². The molecule has 0 N–H and O–H groups in total. The normalized spacial score (nSPS) is 28.9. The fourth-order valence-corrected chi connectivity index (χ4v) is 4.12. The molecule has 1 heterocycles. The second kappa shape index (κ2) is 7.25. The van der Waals surface area contributed by atoms with E-state index in [-0.39, 0.29) is 35.0 Å². The first-order valence-corrected chi connectivity index (χ1v) is 8.43. The highest BCUT2D eigenvalue weighted by Gasteiger charge is 2.52. The van der Waals surface area contributed by atoms with Crippen molar-refractivity contribution in [3.63, 3.8) is 0 Å². The van der Waals surface area contributed by atoms with Crippen LogP contribution in [0, 0.1) is 0 Å². The molecule has 5 nitrogen and oxygen atoms in total. The number of benzene rings is 1. The van der Waals surface area contributed by atoms with Crippen LogP contribution in [0.2, 0.25) is 0 Å². The molecule has 1 amide bonds. The summed E-state index contributed by atoms with van der Waals surface area (Å²) in [6, 6.07) is 5.98. The van der Waals surface area contributed by atoms with Crippen LogP contribution in [0.25, 0.3) is 0 Å². The smallest absolute Gasteiger partial charge is 0.387 e. The first-order valence-electron chi connectivity index (χ1n) is 8.43. The summed E-state index contributed by atoms with van der Waals surface area (Å²) < 4.78 is 41.1. The van der Waals surface area contributed by atoms with Gasteiger partial charge in [-0.1, -0.05) is 12.1 Å². The lowest BCUT2D eigenvalue weighted by Crippen LogP contribution is -2.53. The fourth-order valence-electron chi connectivity index (χ4n) is 4.12. The van der Waals surface area contributed by atoms with Crippen molar-refractivity contribution < 1.29 is 27.8 Å². The van der Waals surface area contributed by atoms with Gasteiger partial charge < -0.3 is 19.1 Å². The average molecular weight is 355 g/mol. The Bertz CT molecular complexity index is 627. The maximum absolute atomic E-state index is 13.1. The van der Waals surface area contributed by atoms with Gasteiger partial charge in [0.1, 0.15) is 5.75 Å². The number of hydrogen-bond donors (Lipinski definition) is 0. The van der Waals surface area contributed by atoms with E-state index in [1.54, 1.807) is 31.3 Å². The van der Waals surface area contributed by atoms with Gasteiger partial charge in [0, 0.05) is 20.8 Å². The van der Waals surface area contributed by atoms with Gasteiger partial charge in [0.15, 0.2) is 0 Å². The molecule has 0 bridgehead atoms. The molecule has 1 saturated heterocycles. The van der Waals surface area contributed by atoms with Crippen molar-refractivity contribution in [2.45, 2.75) is 50.0 Å². The quantitative estimate of drug-likeness (QED) is 0.814. The third-order valence-electron chi connectivity index (χ3n) is 5.47. The molecule has 0 radical (unpaired) electrons. The minimum Gasteiger partial charge on any atom is -0.434 e. The molecule has 2 aliphatic rings. The zero-order valence-electron chi connectivity index (χ0n) is 14.4. The van der Waals surface area contributed by atoms with E-state index in [1.165, 1.54) is 12.1 Å². The van der Waals surface area contributed by atoms with Crippen LogP contribution >= 0.6 is 0 Å². The van der Waals surface area contributed by atoms with Gasteiger partial charge in [0.2, 0.25) is 0 Å². The molecule has 7 heteroatoms. The largest absolute Gasteiger partial charge is 0.434 e. The number of methoxy groups -OCH3 is 2. The predicted molar refractivity (Wildman–Crippen MR) is 86.9 cm³/mol. The lowest BCUT2D eigenvalue weighted by molar-refractivity contribution is -0.0894. The number of halogens is 2. The molecule has 1 aliphatic heterocycles. The molecule has 2 fully saturated rings. The second-order valence-corrected chi connectivity index (χ2v) is 6.54. The summed E-state index contributed by atoms with van der Waals surface area (Å²) in [5.41, 5.74) is -0.238. The number of likely N-dealkylation sites (tertiary alicyclic amines) is 1. The topological polar surface area (TPSA) is 48.0 Å². The first-order chi connectivity index (χ1) is 12.0. The molecule has 3 rings (SSSR count). The SMILES string of the molecule is CO[C@@H]1CC[C@@]2(OC)CCN(C(=O)c3ccccc3OC(F)F)[C@H]2C1. The highest BCUT2D eigenvalue weighted by Crippen LogP contribution is 2.44. The second-order valence-electron chi connectivity index (χ2n) is 6.54. The molecule has 0 unspecified atom stereocenters. The number of alkyl halides is 2. The minimum atomic E-state index is -2.97. The van der Waals surface area contributed by atoms with E-state index in [1.807, 2.05) is 0 Å². The summed E-state index contributed by atoms with van der Waals surface area (Å²) in [5.74, 6) is -0.409. The van der Waals surface area contributed by atoms with E-state index in [0.717, 1.165) is 19.3 Å². The Hall–Kier alpha value is -1.73. The van der Waals surface area contributed by atoms with Crippen molar-refractivity contribution in [3.05, 3.63) is 29.8 Å². The van der Waals surface area contributed by atoms with Gasteiger partial charge >= 0.3 is 6.61 Å². The number of rotatable bonds is 5. The van der Waals surface area contributed by atoms with E-state index >= 15 is 0 Å². The van der Waals surface area contributed by atoms with Crippen molar-refractivity contribution in [3.8, 4) is 5.75 Å². The summed E-state index contributed by atoms with van der Waals surface area (Å²) in [4.78, 5) is 14.8. The van der Waals surface area contributed by atoms with Crippen LogP contribution in [0.5, 0.6) is 5.75 Å². The summed E-state index contributed by atoms with van der Waals surface area (Å²) in [6.45, 7) is -2.45. The number of nitrogens with zero attached hydrogens (tertiary/aromatic N) is 1. The number of fused-ring (bicyclic) bond motifs is 1. The molecule has 0 spiro atoms. The van der Waals surface area contributed by atoms with Crippen molar-refractivity contribution >= 4 is 5.91 Å². The maximum atomic E-state index is 13.1. The third kappa shape index (κ3) is 3.35. The number of ether oxygens (including phenoxy) is 3. The molecule has 3 atom stereocenters. The Morgan fingerprint density at radius 1 is 1.28 bits per heavy atom. The fraction of sp³-hybridized carbons (Fsp3) is 0.611. The van der Waals surface area contributed by atoms with Crippen molar-refractivity contribution in [1.29, 1.82) is 0 Å². The van der Waals surface area contributed by atoms with E-state index in [2.05, 4.69) is 4.74 Å². The standard InChI is InChI=1S/C18H23F2NO4/c1-23-12-7-8-18(24-2)9-10-21(15(18)11-12)16(22)13-5-3-4-6-14(13)25-17(19)20/h3-6,12,15,17H,7-11H2,1-2H3/t12-,15+,18-/m1/s1. The Morgan fingerprint density at radius 2 is 2.04 bits per heavy atom. The van der Waals surface area contributed by atoms with Gasteiger partial charge in [-0.15, -0.1) is 0 Å². The number of carbonyl (C=O) groups is 1. The average Bonchev–Trinajstić information content (AvgIpc) is 3.00. The van der Waals surface area contributed by atoms with Crippen LogP contribution in [0.3, 0.4) is 0 Å². The van der Waals surface area contributed by atoms with E-state index in [9.17, 15) is 13.6 Å². The van der Waals surface area contributed by atoms with E-state index in [4.69, 9.17) is 9.47 Å². The molecule has 1 aliphatic carbocycles. The van der Waals surface area contributed by atoms with Crippen molar-refractivity contribution in [2.75, 3.05) is 20.8 Å². The van der Waals surface area contributed by atoms with Crippen molar-refractivity contribution in [1.82, 2.24) is 4.90 Å². The Labute approximate surface area is 145 Å². The number of para-hydroxylation sites is 1. The number of amides is 1. The molecule has 25 heavy (non-hydrogen) atoms. The van der Waals surface area contributed by atoms with Crippen LogP contribution < -0.4 is 4.74 Å². The molecule has 138 valence electrons. The Balaban J connectivity index is 1.87. The summed E-state index contributed by atoms with van der Waals surface area (Å²) in [7, 11) is 3.33. The molecular formula is C18H23F2NO4. The van der Waals surface area contributed by atoms with Crippen LogP contribution in [0.4, 0.5) is 8.78 Å². The lowest BCUT2D eigenvalue weighted by Gasteiger charge is -2.43. The van der Waals surface area contributed by atoms with Gasteiger partial charge in [0.05, 0.1) is 23.3 Å². The van der Waals surface area contributed by atoms with Crippen LogP contribution in [0.15, 0.2) is 24.3 Å². The Morgan fingerprint density at radius 3 is 2.72 bits per heavy atom. The third-order valence-corrected chi connectivity index (χ3v) is 5.47. The van der Waals surface area contributed by atoms with E-state index < -0.39 is 6.61 Å². The highest BCUT2D eigenvalue weighted by molar-refractivity contribution is 5.97. The molecule has 0 aromatic heterocycles. The van der Waals surface area contributed by atoms with Crippen molar-refractivity contribution in [2.24, 2.45) is 0 Å². The van der Waals surface area contributed by atoms with Gasteiger partial charge in [-0.2, -0.15) is 8.78 Å². The predicted octanol–water partition coefficient (Wildman–Crippen LogP) is 3.09. The molecular weight excluding hydrogens is 332 g/mol. The maximum Gasteiger partial charge on any atom is 0.387 e. The number of carbonyl (C=O) groups excluding carboxylic acids is 1. The van der Waals surface area contributed by atoms with Crippen LogP contribution in [0.1, 0.15) is 36.0 Å². The lowest BCUT2D eigenvalue weighted by atomic mass is 9.79. The monoisotopic (exact) mass is 355 g/mol. The molecule has 1 saturated carbocycles. The summed E-state index contributed by atoms with van der Waals surface area (Å²) >= 11 is 0. The van der Waals surface area contributed by atoms with Gasteiger partial charge in [-0.25, -0.2) is 0 Å². The minimum absolute atomic E-state index is 0.0641. The molecule has 1 aromatic rings. The summed E-state index contributed by atoms with van der Waals surface area (Å²) in [6.07, 6.45) is 3.16. The van der Waals surface area contributed by atoms with Gasteiger partial charge in [-0.3, -0.25) is 4.79 Å². The van der Waals surface area contributed by atoms with Crippen LogP contribution in [-0.2, 0) is 9.47 Å². The number of hydrogen-bond acceptors (Lipinski definition) is 4. The zero-order valence-corrected chi connectivity index (χ0v) is 14.4. The van der Waals surface area contributed by atoms with Crippen LogP contribution in [-0.4, -0.2) is 55.9 Å².